The maximum absolute atomic E-state index is 12.2. The molecule has 7 heteroatoms. The number of carbonyl (C=O) groups is 1. The summed E-state index contributed by atoms with van der Waals surface area (Å²) in [5, 5.41) is 8.99. The molecule has 0 aromatic heterocycles. The average molecular weight is 268 g/mol. The third-order valence-corrected chi connectivity index (χ3v) is 3.07. The van der Waals surface area contributed by atoms with E-state index in [4.69, 9.17) is 5.11 Å². The smallest absolute Gasteiger partial charge is 0.401 e. The summed E-state index contributed by atoms with van der Waals surface area (Å²) in [4.78, 5) is 14.2. The van der Waals surface area contributed by atoms with Crippen molar-refractivity contribution in [1.29, 1.82) is 0 Å². The van der Waals surface area contributed by atoms with Crippen LogP contribution >= 0.6 is 0 Å². The molecule has 0 atom stereocenters. The second-order valence-corrected chi connectivity index (χ2v) is 5.36. The fraction of sp³-hybridized carbons (Fsp3) is 0.909. The molecular weight excluding hydrogens is 249 g/mol. The molecule has 1 heterocycles. The normalized spacial score (nSPS) is 20.1. The van der Waals surface area contributed by atoms with E-state index in [9.17, 15) is 18.0 Å². The van der Waals surface area contributed by atoms with Crippen LogP contribution in [0.3, 0.4) is 0 Å². The quantitative estimate of drug-likeness (QED) is 0.834. The second-order valence-electron chi connectivity index (χ2n) is 5.36. The highest BCUT2D eigenvalue weighted by atomic mass is 19.4. The van der Waals surface area contributed by atoms with E-state index in [1.165, 1.54) is 4.90 Å². The molecule has 0 radical (unpaired) electrons. The highest BCUT2D eigenvalue weighted by Gasteiger charge is 2.34. The fourth-order valence-electron chi connectivity index (χ4n) is 1.99. The van der Waals surface area contributed by atoms with Crippen LogP contribution in [0.2, 0.25) is 0 Å². The zero-order valence-corrected chi connectivity index (χ0v) is 10.6. The summed E-state index contributed by atoms with van der Waals surface area (Å²) in [5.41, 5.74) is -0.869. The van der Waals surface area contributed by atoms with E-state index >= 15 is 0 Å². The van der Waals surface area contributed by atoms with Crippen molar-refractivity contribution in [3.8, 4) is 0 Å². The Labute approximate surface area is 104 Å². The highest BCUT2D eigenvalue weighted by Crippen LogP contribution is 2.20. The number of nitrogens with zero attached hydrogens (tertiary/aromatic N) is 2. The lowest BCUT2D eigenvalue weighted by atomic mass is 9.93. The van der Waals surface area contributed by atoms with Crippen molar-refractivity contribution < 1.29 is 23.1 Å². The van der Waals surface area contributed by atoms with Crippen LogP contribution in [0.15, 0.2) is 0 Å². The van der Waals surface area contributed by atoms with Crippen molar-refractivity contribution in [2.45, 2.75) is 20.0 Å². The van der Waals surface area contributed by atoms with E-state index in [0.717, 1.165) is 0 Å². The van der Waals surface area contributed by atoms with Gasteiger partial charge in [-0.05, 0) is 13.8 Å². The lowest BCUT2D eigenvalue weighted by molar-refractivity contribution is -0.151. The molecule has 0 amide bonds. The highest BCUT2D eigenvalue weighted by molar-refractivity contribution is 5.73. The number of carboxylic acid groups (broad SMARTS) is 1. The van der Waals surface area contributed by atoms with Crippen LogP contribution in [0.25, 0.3) is 0 Å². The Hall–Kier alpha value is -0.820. The number of hydrogen-bond acceptors (Lipinski definition) is 3. The number of piperazine rings is 1. The minimum atomic E-state index is -4.16. The Morgan fingerprint density at radius 3 is 1.78 bits per heavy atom. The van der Waals surface area contributed by atoms with E-state index < -0.39 is 24.1 Å². The predicted octanol–water partition coefficient (Wildman–Crippen LogP) is 1.28. The van der Waals surface area contributed by atoms with Gasteiger partial charge in [-0.2, -0.15) is 13.2 Å². The number of carboxylic acids is 1. The molecule has 0 unspecified atom stereocenters. The van der Waals surface area contributed by atoms with Crippen LogP contribution in [0.1, 0.15) is 13.8 Å². The summed E-state index contributed by atoms with van der Waals surface area (Å²) >= 11 is 0. The zero-order chi connectivity index (χ0) is 14.0. The molecule has 1 aliphatic heterocycles. The number of hydrogen-bond donors (Lipinski definition) is 1. The van der Waals surface area contributed by atoms with Crippen molar-refractivity contribution in [1.82, 2.24) is 9.80 Å². The summed E-state index contributed by atoms with van der Waals surface area (Å²) in [6.45, 7) is 4.34. The van der Waals surface area contributed by atoms with Crippen molar-refractivity contribution >= 4 is 5.97 Å². The van der Waals surface area contributed by atoms with E-state index in [1.54, 1.807) is 13.8 Å². The third-order valence-electron chi connectivity index (χ3n) is 3.07. The van der Waals surface area contributed by atoms with Crippen molar-refractivity contribution in [3.63, 3.8) is 0 Å². The molecule has 0 aromatic rings. The van der Waals surface area contributed by atoms with Crippen molar-refractivity contribution in [3.05, 3.63) is 0 Å². The minimum absolute atomic E-state index is 0.329. The molecule has 18 heavy (non-hydrogen) atoms. The van der Waals surface area contributed by atoms with E-state index in [2.05, 4.69) is 0 Å². The minimum Gasteiger partial charge on any atom is -0.481 e. The first-order chi connectivity index (χ1) is 8.10. The van der Waals surface area contributed by atoms with Crippen molar-refractivity contribution in [2.24, 2.45) is 5.41 Å². The molecule has 106 valence electrons. The Bertz CT molecular complexity index is 297. The number of alkyl halides is 3. The molecule has 1 N–H and O–H groups in total. The molecule has 1 saturated heterocycles. The van der Waals surface area contributed by atoms with Gasteiger partial charge in [0, 0.05) is 32.7 Å². The van der Waals surface area contributed by atoms with Gasteiger partial charge in [0.2, 0.25) is 0 Å². The predicted molar refractivity (Wildman–Crippen MR) is 60.4 cm³/mol. The molecule has 0 aromatic carbocycles. The van der Waals surface area contributed by atoms with Gasteiger partial charge in [0.15, 0.2) is 0 Å². The standard InChI is InChI=1S/C11H19F3N2O2/c1-10(2,9(17)18)7-15-3-5-16(6-4-15)8-11(12,13)14/h3-8H2,1-2H3,(H,17,18). The van der Waals surface area contributed by atoms with Gasteiger partial charge in [-0.25, -0.2) is 0 Å². The first-order valence-corrected chi connectivity index (χ1v) is 5.85. The van der Waals surface area contributed by atoms with Gasteiger partial charge in [0.05, 0.1) is 12.0 Å². The van der Waals surface area contributed by atoms with Crippen LogP contribution in [-0.2, 0) is 4.79 Å². The van der Waals surface area contributed by atoms with Crippen LogP contribution in [0, 0.1) is 5.41 Å². The molecule has 0 aliphatic carbocycles. The van der Waals surface area contributed by atoms with Gasteiger partial charge in [0.25, 0.3) is 0 Å². The summed E-state index contributed by atoms with van der Waals surface area (Å²) in [5.74, 6) is -0.889. The molecule has 1 rings (SSSR count). The molecule has 4 nitrogen and oxygen atoms in total. The van der Waals surface area contributed by atoms with Crippen LogP contribution in [0.5, 0.6) is 0 Å². The summed E-state index contributed by atoms with van der Waals surface area (Å²) < 4.78 is 36.5. The first kappa shape index (κ1) is 15.2. The molecule has 0 bridgehead atoms. The van der Waals surface area contributed by atoms with Crippen LogP contribution in [-0.4, -0.2) is 66.3 Å². The van der Waals surface area contributed by atoms with E-state index in [1.807, 2.05) is 4.90 Å². The number of aliphatic carboxylic acids is 1. The van der Waals surface area contributed by atoms with Gasteiger partial charge in [-0.15, -0.1) is 0 Å². The zero-order valence-electron chi connectivity index (χ0n) is 10.6. The average Bonchev–Trinajstić information content (AvgIpc) is 2.18. The summed E-state index contributed by atoms with van der Waals surface area (Å²) in [7, 11) is 0. The van der Waals surface area contributed by atoms with Gasteiger partial charge in [-0.1, -0.05) is 0 Å². The Balaban J connectivity index is 2.38. The van der Waals surface area contributed by atoms with Gasteiger partial charge >= 0.3 is 12.1 Å². The first-order valence-electron chi connectivity index (χ1n) is 5.85. The summed E-state index contributed by atoms with van der Waals surface area (Å²) in [6, 6.07) is 0. The topological polar surface area (TPSA) is 43.8 Å². The third kappa shape index (κ3) is 4.81. The SMILES string of the molecule is CC(C)(CN1CCN(CC(F)(F)F)CC1)C(=O)O. The molecular formula is C11H19F3N2O2. The largest absolute Gasteiger partial charge is 0.481 e. The fourth-order valence-corrected chi connectivity index (χ4v) is 1.99. The number of halogens is 3. The molecule has 1 aliphatic rings. The monoisotopic (exact) mass is 268 g/mol. The number of rotatable bonds is 4. The van der Waals surface area contributed by atoms with Crippen LogP contribution in [0.4, 0.5) is 13.2 Å². The molecule has 0 saturated carbocycles. The molecule has 1 fully saturated rings. The van der Waals surface area contributed by atoms with Gasteiger partial charge in [0.1, 0.15) is 0 Å². The van der Waals surface area contributed by atoms with Crippen LogP contribution < -0.4 is 0 Å². The lowest BCUT2D eigenvalue weighted by Gasteiger charge is -2.37. The van der Waals surface area contributed by atoms with E-state index in [0.29, 0.717) is 32.7 Å². The van der Waals surface area contributed by atoms with Crippen molar-refractivity contribution in [2.75, 3.05) is 39.3 Å². The Morgan fingerprint density at radius 1 is 1.06 bits per heavy atom. The van der Waals surface area contributed by atoms with E-state index in [-0.39, 0.29) is 0 Å². The maximum Gasteiger partial charge on any atom is 0.401 e. The summed E-state index contributed by atoms with van der Waals surface area (Å²) in [6.07, 6.45) is -4.16. The van der Waals surface area contributed by atoms with Gasteiger partial charge < -0.3 is 5.11 Å². The maximum atomic E-state index is 12.2. The second kappa shape index (κ2) is 5.44. The molecule has 0 spiro atoms. The Kier molecular flexibility index (Phi) is 4.61. The lowest BCUT2D eigenvalue weighted by Crippen LogP contribution is -2.52. The Morgan fingerprint density at radius 2 is 1.44 bits per heavy atom. The van der Waals surface area contributed by atoms with Gasteiger partial charge in [-0.3, -0.25) is 14.6 Å².